The van der Waals surface area contributed by atoms with Gasteiger partial charge in [-0.15, -0.1) is 11.8 Å². The first-order valence-corrected chi connectivity index (χ1v) is 10.7. The summed E-state index contributed by atoms with van der Waals surface area (Å²) in [6.07, 6.45) is 0. The van der Waals surface area contributed by atoms with E-state index in [0.29, 0.717) is 17.0 Å². The summed E-state index contributed by atoms with van der Waals surface area (Å²) in [4.78, 5) is 49.9. The van der Waals surface area contributed by atoms with Gasteiger partial charge < -0.3 is 15.0 Å². The number of carbonyl (C=O) groups is 3. The molecule has 164 valence electrons. The Hall–Kier alpha value is -3.91. The topological polar surface area (TPSA) is 143 Å². The third kappa shape index (κ3) is 5.04. The highest BCUT2D eigenvalue weighted by atomic mass is 32.2. The molecule has 1 heterocycles. The second kappa shape index (κ2) is 9.93. The minimum absolute atomic E-state index is 0.0746. The molecule has 2 aromatic rings. The van der Waals surface area contributed by atoms with Crippen molar-refractivity contribution >= 4 is 40.9 Å². The van der Waals surface area contributed by atoms with Gasteiger partial charge in [0.15, 0.2) is 0 Å². The van der Waals surface area contributed by atoms with Crippen LogP contribution in [0.3, 0.4) is 0 Å². The highest BCUT2D eigenvalue weighted by Gasteiger charge is 2.36. The van der Waals surface area contributed by atoms with Crippen molar-refractivity contribution < 1.29 is 24.0 Å². The molecule has 0 aliphatic carbocycles. The first-order valence-electron chi connectivity index (χ1n) is 9.50. The SMILES string of the molecule is CCOC(=O)c1cc(C(=O)N2CSCC2C(=O)Nc2ccc(C#N)cc2)cc([N+](=O)[O-])c1. The van der Waals surface area contributed by atoms with Crippen LogP contribution in [0.4, 0.5) is 11.4 Å². The molecule has 0 spiro atoms. The lowest BCUT2D eigenvalue weighted by atomic mass is 10.1. The third-order valence-electron chi connectivity index (χ3n) is 4.61. The minimum Gasteiger partial charge on any atom is -0.462 e. The second-order valence-corrected chi connectivity index (χ2v) is 7.71. The number of rotatable bonds is 6. The number of non-ortho nitro benzene ring substituents is 1. The number of nitriles is 1. The molecule has 2 amide bonds. The number of anilines is 1. The smallest absolute Gasteiger partial charge is 0.338 e. The molecule has 2 aromatic carbocycles. The molecule has 0 radical (unpaired) electrons. The fourth-order valence-corrected chi connectivity index (χ4v) is 4.21. The summed E-state index contributed by atoms with van der Waals surface area (Å²) in [7, 11) is 0. The van der Waals surface area contributed by atoms with E-state index < -0.39 is 34.4 Å². The summed E-state index contributed by atoms with van der Waals surface area (Å²) in [6.45, 7) is 1.67. The number of nitrogens with one attached hydrogen (secondary N) is 1. The standard InChI is InChI=1S/C21H18N4O6S/c1-2-31-21(28)15-7-14(8-17(9-15)25(29)30)20(27)24-12-32-11-18(24)19(26)23-16-5-3-13(10-22)4-6-16/h3-9,18H,2,11-12H2,1H3,(H,23,26). The van der Waals surface area contributed by atoms with Gasteiger partial charge in [-0.25, -0.2) is 4.79 Å². The molecule has 0 aromatic heterocycles. The number of thioether (sulfide) groups is 1. The average molecular weight is 454 g/mol. The Morgan fingerprint density at radius 2 is 1.94 bits per heavy atom. The van der Waals surface area contributed by atoms with Crippen LogP contribution in [-0.4, -0.2) is 51.9 Å². The molecule has 0 bridgehead atoms. The number of nitro groups is 1. The summed E-state index contributed by atoms with van der Waals surface area (Å²) in [5, 5.41) is 22.9. The van der Waals surface area contributed by atoms with Crippen LogP contribution in [0, 0.1) is 21.4 Å². The van der Waals surface area contributed by atoms with Gasteiger partial charge in [0.2, 0.25) is 5.91 Å². The molecular formula is C21H18N4O6S. The number of amides is 2. The number of hydrogen-bond acceptors (Lipinski definition) is 8. The van der Waals surface area contributed by atoms with Crippen molar-refractivity contribution in [3.8, 4) is 6.07 Å². The van der Waals surface area contributed by atoms with E-state index in [1.54, 1.807) is 31.2 Å². The van der Waals surface area contributed by atoms with Crippen molar-refractivity contribution in [3.63, 3.8) is 0 Å². The summed E-state index contributed by atoms with van der Waals surface area (Å²) in [5.74, 6) is -1.26. The molecule has 1 unspecified atom stereocenters. The predicted molar refractivity (Wildman–Crippen MR) is 116 cm³/mol. The van der Waals surface area contributed by atoms with E-state index in [1.165, 1.54) is 22.7 Å². The van der Waals surface area contributed by atoms with Crippen LogP contribution >= 0.6 is 11.8 Å². The van der Waals surface area contributed by atoms with Crippen molar-refractivity contribution in [2.75, 3.05) is 23.6 Å². The number of carbonyl (C=O) groups excluding carboxylic acids is 3. The number of nitrogens with zero attached hydrogens (tertiary/aromatic N) is 3. The molecule has 1 aliphatic rings. The van der Waals surface area contributed by atoms with Gasteiger partial charge in [0.25, 0.3) is 11.6 Å². The largest absolute Gasteiger partial charge is 0.462 e. The molecule has 1 N–H and O–H groups in total. The summed E-state index contributed by atoms with van der Waals surface area (Å²) in [5.41, 5.74) is 0.289. The number of esters is 1. The van der Waals surface area contributed by atoms with Gasteiger partial charge in [-0.05, 0) is 37.3 Å². The number of nitro benzene ring substituents is 1. The monoisotopic (exact) mass is 454 g/mol. The normalized spacial score (nSPS) is 15.0. The average Bonchev–Trinajstić information content (AvgIpc) is 3.29. The number of hydrogen-bond donors (Lipinski definition) is 1. The second-order valence-electron chi connectivity index (χ2n) is 6.72. The Balaban J connectivity index is 1.83. The molecule has 1 fully saturated rings. The Morgan fingerprint density at radius 3 is 2.56 bits per heavy atom. The van der Waals surface area contributed by atoms with Gasteiger partial charge in [0.1, 0.15) is 6.04 Å². The molecule has 1 aliphatic heterocycles. The summed E-state index contributed by atoms with van der Waals surface area (Å²) in [6, 6.07) is 10.8. The van der Waals surface area contributed by atoms with E-state index in [4.69, 9.17) is 10.00 Å². The molecule has 1 atom stereocenters. The fraction of sp³-hybridized carbons (Fsp3) is 0.238. The zero-order valence-corrected chi connectivity index (χ0v) is 17.8. The van der Waals surface area contributed by atoms with E-state index in [9.17, 15) is 24.5 Å². The molecule has 11 heteroatoms. The van der Waals surface area contributed by atoms with Crippen LogP contribution in [0.5, 0.6) is 0 Å². The molecule has 3 rings (SSSR count). The zero-order chi connectivity index (χ0) is 23.3. The van der Waals surface area contributed by atoms with Gasteiger partial charge in [-0.3, -0.25) is 19.7 Å². The van der Waals surface area contributed by atoms with E-state index in [-0.39, 0.29) is 23.6 Å². The molecule has 0 saturated carbocycles. The zero-order valence-electron chi connectivity index (χ0n) is 16.9. The Labute approximate surface area is 187 Å². The lowest BCUT2D eigenvalue weighted by molar-refractivity contribution is -0.384. The highest BCUT2D eigenvalue weighted by molar-refractivity contribution is 7.99. The van der Waals surface area contributed by atoms with E-state index in [2.05, 4.69) is 5.32 Å². The van der Waals surface area contributed by atoms with Crippen molar-refractivity contribution in [3.05, 3.63) is 69.3 Å². The molecule has 32 heavy (non-hydrogen) atoms. The minimum atomic E-state index is -0.812. The Bertz CT molecular complexity index is 1110. The van der Waals surface area contributed by atoms with E-state index >= 15 is 0 Å². The Morgan fingerprint density at radius 1 is 1.25 bits per heavy atom. The quantitative estimate of drug-likeness (QED) is 0.399. The first kappa shape index (κ1) is 22.8. The summed E-state index contributed by atoms with van der Waals surface area (Å²) >= 11 is 1.36. The van der Waals surface area contributed by atoms with Crippen LogP contribution in [0.1, 0.15) is 33.2 Å². The number of ether oxygens (including phenoxy) is 1. The van der Waals surface area contributed by atoms with Crippen molar-refractivity contribution in [1.82, 2.24) is 4.90 Å². The maximum Gasteiger partial charge on any atom is 0.338 e. The van der Waals surface area contributed by atoms with Gasteiger partial charge in [-0.2, -0.15) is 5.26 Å². The van der Waals surface area contributed by atoms with Gasteiger partial charge in [0, 0.05) is 29.1 Å². The first-order chi connectivity index (χ1) is 15.3. The van der Waals surface area contributed by atoms with E-state index in [0.717, 1.165) is 12.1 Å². The van der Waals surface area contributed by atoms with Gasteiger partial charge in [-0.1, -0.05) is 0 Å². The lowest BCUT2D eigenvalue weighted by Gasteiger charge is -2.23. The van der Waals surface area contributed by atoms with Crippen LogP contribution in [-0.2, 0) is 9.53 Å². The van der Waals surface area contributed by atoms with Crippen LogP contribution in [0.15, 0.2) is 42.5 Å². The van der Waals surface area contributed by atoms with Crippen molar-refractivity contribution in [2.45, 2.75) is 13.0 Å². The van der Waals surface area contributed by atoms with Crippen molar-refractivity contribution in [2.24, 2.45) is 0 Å². The van der Waals surface area contributed by atoms with Crippen LogP contribution in [0.2, 0.25) is 0 Å². The molecule has 10 nitrogen and oxygen atoms in total. The highest BCUT2D eigenvalue weighted by Crippen LogP contribution is 2.27. The van der Waals surface area contributed by atoms with Gasteiger partial charge in [0.05, 0.1) is 34.6 Å². The van der Waals surface area contributed by atoms with E-state index in [1.807, 2.05) is 6.07 Å². The third-order valence-corrected chi connectivity index (χ3v) is 5.63. The molecular weight excluding hydrogens is 436 g/mol. The number of benzene rings is 2. The summed E-state index contributed by atoms with van der Waals surface area (Å²) < 4.78 is 4.89. The predicted octanol–water partition coefficient (Wildman–Crippen LogP) is 2.80. The maximum atomic E-state index is 13.1. The molecule has 1 saturated heterocycles. The van der Waals surface area contributed by atoms with Gasteiger partial charge >= 0.3 is 5.97 Å². The van der Waals surface area contributed by atoms with Crippen LogP contribution in [0.25, 0.3) is 0 Å². The fourth-order valence-electron chi connectivity index (χ4n) is 3.05. The lowest BCUT2D eigenvalue weighted by Crippen LogP contribution is -2.44. The van der Waals surface area contributed by atoms with Crippen LogP contribution < -0.4 is 5.32 Å². The van der Waals surface area contributed by atoms with Crippen molar-refractivity contribution in [1.29, 1.82) is 5.26 Å². The Kier molecular flexibility index (Phi) is 7.07. The maximum absolute atomic E-state index is 13.1.